The van der Waals surface area contributed by atoms with Crippen molar-refractivity contribution in [3.05, 3.63) is 0 Å². The minimum absolute atomic E-state index is 0.343. The fourth-order valence-electron chi connectivity index (χ4n) is 2.22. The molecule has 24 heavy (non-hydrogen) atoms. The lowest BCUT2D eigenvalue weighted by atomic mass is 10.1. The Hall–Kier alpha value is -1.14. The third-order valence-corrected chi connectivity index (χ3v) is 3.78. The van der Waals surface area contributed by atoms with E-state index < -0.39 is 18.0 Å². The highest BCUT2D eigenvalue weighted by Crippen LogP contribution is 2.10. The molecule has 0 spiro atoms. The van der Waals surface area contributed by atoms with Crippen LogP contribution in [0.5, 0.6) is 0 Å². The van der Waals surface area contributed by atoms with Crippen molar-refractivity contribution in [2.45, 2.75) is 96.4 Å². The molecule has 0 radical (unpaired) electrons. The summed E-state index contributed by atoms with van der Waals surface area (Å²) < 4.78 is 0. The molecule has 0 aliphatic rings. The number of hydrogen-bond acceptors (Lipinski definition) is 4. The SMILES string of the molecule is CCCCCCCCCCCC(=O)O.NCCCCC(N)C(=O)O. The Morgan fingerprint density at radius 1 is 0.833 bits per heavy atom. The molecule has 0 aliphatic carbocycles. The lowest BCUT2D eigenvalue weighted by Crippen LogP contribution is -2.29. The van der Waals surface area contributed by atoms with Gasteiger partial charge in [0.25, 0.3) is 0 Å². The second kappa shape index (κ2) is 19.9. The summed E-state index contributed by atoms with van der Waals surface area (Å²) in [4.78, 5) is 20.3. The van der Waals surface area contributed by atoms with Crippen LogP contribution in [0.25, 0.3) is 0 Å². The van der Waals surface area contributed by atoms with Gasteiger partial charge in [0.2, 0.25) is 0 Å². The molecule has 6 heteroatoms. The number of unbranched alkanes of at least 4 members (excludes halogenated alkanes) is 9. The Bertz CT molecular complexity index is 299. The average molecular weight is 347 g/mol. The van der Waals surface area contributed by atoms with Crippen LogP contribution in [-0.2, 0) is 9.59 Å². The van der Waals surface area contributed by atoms with Crippen LogP contribution in [0.1, 0.15) is 90.4 Å². The largest absolute Gasteiger partial charge is 0.481 e. The minimum atomic E-state index is -0.933. The maximum absolute atomic E-state index is 10.2. The van der Waals surface area contributed by atoms with Gasteiger partial charge in [0.05, 0.1) is 0 Å². The molecular formula is C18H38N2O4. The van der Waals surface area contributed by atoms with E-state index in [-0.39, 0.29) is 0 Å². The summed E-state index contributed by atoms with van der Waals surface area (Å²) >= 11 is 0. The molecule has 1 atom stereocenters. The van der Waals surface area contributed by atoms with Crippen LogP contribution >= 0.6 is 0 Å². The highest BCUT2D eigenvalue weighted by Gasteiger charge is 2.09. The van der Waals surface area contributed by atoms with E-state index in [0.29, 0.717) is 19.4 Å². The first-order valence-corrected chi connectivity index (χ1v) is 9.35. The lowest BCUT2D eigenvalue weighted by Gasteiger charge is -2.03. The van der Waals surface area contributed by atoms with Gasteiger partial charge >= 0.3 is 11.9 Å². The van der Waals surface area contributed by atoms with Gasteiger partial charge in [0.15, 0.2) is 0 Å². The van der Waals surface area contributed by atoms with Crippen molar-refractivity contribution in [1.29, 1.82) is 0 Å². The van der Waals surface area contributed by atoms with E-state index in [1.165, 1.54) is 44.9 Å². The monoisotopic (exact) mass is 346 g/mol. The summed E-state index contributed by atoms with van der Waals surface area (Å²) in [5.74, 6) is -1.59. The topological polar surface area (TPSA) is 127 Å². The summed E-state index contributed by atoms with van der Waals surface area (Å²) in [6.07, 6.45) is 13.6. The molecule has 0 fully saturated rings. The van der Waals surface area contributed by atoms with E-state index in [1.54, 1.807) is 0 Å². The van der Waals surface area contributed by atoms with E-state index in [9.17, 15) is 9.59 Å². The molecule has 6 nitrogen and oxygen atoms in total. The normalized spacial score (nSPS) is 11.5. The van der Waals surface area contributed by atoms with Gasteiger partial charge in [-0.1, -0.05) is 64.7 Å². The van der Waals surface area contributed by atoms with E-state index >= 15 is 0 Å². The Balaban J connectivity index is 0. The van der Waals surface area contributed by atoms with Gasteiger partial charge in [-0.3, -0.25) is 9.59 Å². The summed E-state index contributed by atoms with van der Waals surface area (Å²) in [5, 5.41) is 16.7. The van der Waals surface area contributed by atoms with Crippen molar-refractivity contribution in [1.82, 2.24) is 0 Å². The summed E-state index contributed by atoms with van der Waals surface area (Å²) in [5.41, 5.74) is 10.4. The van der Waals surface area contributed by atoms with Gasteiger partial charge in [-0.2, -0.15) is 0 Å². The second-order valence-corrected chi connectivity index (χ2v) is 6.20. The van der Waals surface area contributed by atoms with Crippen LogP contribution in [0, 0.1) is 0 Å². The van der Waals surface area contributed by atoms with Gasteiger partial charge in [-0.05, 0) is 25.8 Å². The lowest BCUT2D eigenvalue weighted by molar-refractivity contribution is -0.139. The summed E-state index contributed by atoms with van der Waals surface area (Å²) in [6.45, 7) is 2.83. The second-order valence-electron chi connectivity index (χ2n) is 6.20. The molecule has 0 saturated heterocycles. The summed E-state index contributed by atoms with van der Waals surface area (Å²) in [7, 11) is 0. The Kier molecular flexibility index (Phi) is 20.8. The van der Waals surface area contributed by atoms with Gasteiger partial charge in [0.1, 0.15) is 6.04 Å². The molecule has 0 saturated carbocycles. The number of carbonyl (C=O) groups is 2. The van der Waals surface area contributed by atoms with Crippen LogP contribution < -0.4 is 11.5 Å². The fourth-order valence-corrected chi connectivity index (χ4v) is 2.22. The zero-order valence-electron chi connectivity index (χ0n) is 15.3. The molecule has 6 N–H and O–H groups in total. The molecule has 0 aliphatic heterocycles. The van der Waals surface area contributed by atoms with Gasteiger partial charge < -0.3 is 21.7 Å². The highest BCUT2D eigenvalue weighted by atomic mass is 16.4. The predicted octanol–water partition coefficient (Wildman–Crippen LogP) is 3.52. The average Bonchev–Trinajstić information content (AvgIpc) is 2.53. The first-order valence-electron chi connectivity index (χ1n) is 9.35. The van der Waals surface area contributed by atoms with Crippen molar-refractivity contribution in [3.8, 4) is 0 Å². The molecule has 0 heterocycles. The van der Waals surface area contributed by atoms with Gasteiger partial charge in [0, 0.05) is 6.42 Å². The van der Waals surface area contributed by atoms with Crippen molar-refractivity contribution >= 4 is 11.9 Å². The van der Waals surface area contributed by atoms with Crippen LogP contribution in [-0.4, -0.2) is 34.7 Å². The van der Waals surface area contributed by atoms with Crippen LogP contribution in [0.15, 0.2) is 0 Å². The number of rotatable bonds is 15. The maximum atomic E-state index is 10.2. The maximum Gasteiger partial charge on any atom is 0.320 e. The van der Waals surface area contributed by atoms with Crippen molar-refractivity contribution in [2.75, 3.05) is 6.54 Å². The van der Waals surface area contributed by atoms with Crippen LogP contribution in [0.2, 0.25) is 0 Å². The smallest absolute Gasteiger partial charge is 0.320 e. The number of hydrogen-bond donors (Lipinski definition) is 4. The van der Waals surface area contributed by atoms with E-state index in [4.69, 9.17) is 21.7 Å². The van der Waals surface area contributed by atoms with Crippen LogP contribution in [0.4, 0.5) is 0 Å². The molecule has 0 aromatic carbocycles. The molecule has 0 bridgehead atoms. The Morgan fingerprint density at radius 2 is 1.33 bits per heavy atom. The van der Waals surface area contributed by atoms with E-state index in [2.05, 4.69) is 6.92 Å². The van der Waals surface area contributed by atoms with Gasteiger partial charge in [-0.25, -0.2) is 0 Å². The Morgan fingerprint density at radius 3 is 1.75 bits per heavy atom. The zero-order valence-corrected chi connectivity index (χ0v) is 15.3. The predicted molar refractivity (Wildman–Crippen MR) is 98.0 cm³/mol. The standard InChI is InChI=1S/C12H24O2.C6H14N2O2/c1-2-3-4-5-6-7-8-9-10-11-12(13)14;7-4-2-1-3-5(8)6(9)10/h2-11H2,1H3,(H,13,14);5H,1-4,7-8H2,(H,9,10). The van der Waals surface area contributed by atoms with E-state index in [1.807, 2.05) is 0 Å². The number of aliphatic carboxylic acids is 2. The first kappa shape index (κ1) is 25.1. The van der Waals surface area contributed by atoms with Gasteiger partial charge in [-0.15, -0.1) is 0 Å². The minimum Gasteiger partial charge on any atom is -0.481 e. The Labute approximate surface area is 147 Å². The van der Waals surface area contributed by atoms with Crippen molar-refractivity contribution in [2.24, 2.45) is 11.5 Å². The quantitative estimate of drug-likeness (QED) is 0.336. The molecule has 0 rings (SSSR count). The third-order valence-electron chi connectivity index (χ3n) is 3.78. The number of carboxylic acids is 2. The molecule has 144 valence electrons. The zero-order chi connectivity index (χ0) is 18.6. The highest BCUT2D eigenvalue weighted by molar-refractivity contribution is 5.72. The summed E-state index contributed by atoms with van der Waals surface area (Å²) in [6, 6.07) is -0.716. The van der Waals surface area contributed by atoms with Crippen molar-refractivity contribution in [3.63, 3.8) is 0 Å². The molecular weight excluding hydrogens is 308 g/mol. The fraction of sp³-hybridized carbons (Fsp3) is 0.889. The van der Waals surface area contributed by atoms with E-state index in [0.717, 1.165) is 25.7 Å². The van der Waals surface area contributed by atoms with Crippen molar-refractivity contribution < 1.29 is 19.8 Å². The first-order chi connectivity index (χ1) is 11.5. The van der Waals surface area contributed by atoms with Crippen LogP contribution in [0.3, 0.4) is 0 Å². The number of carboxylic acid groups (broad SMARTS) is 2. The number of nitrogens with two attached hydrogens (primary N) is 2. The molecule has 1 unspecified atom stereocenters. The molecule has 0 aromatic rings. The third kappa shape index (κ3) is 23.1. The molecule has 0 amide bonds. The molecule has 0 aromatic heterocycles.